The molecule has 0 N–H and O–H groups in total. The summed E-state index contributed by atoms with van der Waals surface area (Å²) in [4.78, 5) is 0. The molecule has 3 rings (SSSR count). The van der Waals surface area contributed by atoms with Gasteiger partial charge in [0.15, 0.2) is 0 Å². The van der Waals surface area contributed by atoms with Gasteiger partial charge in [0.1, 0.15) is 0 Å². The molecular formula is C25H31Cl2Zr. The van der Waals surface area contributed by atoms with Crippen molar-refractivity contribution in [2.45, 2.75) is 63.9 Å². The van der Waals surface area contributed by atoms with Crippen LogP contribution in [0.25, 0.3) is 17.2 Å². The molecular weight excluding hydrogens is 462 g/mol. The Hall–Kier alpha value is -0.357. The molecule has 2 aromatic rings. The number of benzene rings is 2. The fourth-order valence-electron chi connectivity index (χ4n) is 4.47. The summed E-state index contributed by atoms with van der Waals surface area (Å²) in [5.74, 6) is 0.603. The molecule has 1 aliphatic carbocycles. The first-order valence-corrected chi connectivity index (χ1v) is 17.9. The Morgan fingerprint density at radius 2 is 1.61 bits per heavy atom. The second-order valence-corrected chi connectivity index (χ2v) is 18.5. The zero-order valence-corrected chi connectivity index (χ0v) is 22.1. The molecule has 3 heteroatoms. The topological polar surface area (TPSA) is 0 Å². The maximum atomic E-state index is 6.69. The number of rotatable bonds is 4. The predicted molar refractivity (Wildman–Crippen MR) is 122 cm³/mol. The van der Waals surface area contributed by atoms with Gasteiger partial charge in [0.25, 0.3) is 0 Å². The van der Waals surface area contributed by atoms with Crippen molar-refractivity contribution in [3.8, 4) is 11.1 Å². The van der Waals surface area contributed by atoms with Crippen LogP contribution in [0.1, 0.15) is 72.5 Å². The molecule has 0 aromatic heterocycles. The number of hydrogen-bond donors (Lipinski definition) is 0. The second-order valence-electron chi connectivity index (χ2n) is 9.66. The molecule has 0 saturated carbocycles. The first-order chi connectivity index (χ1) is 13.0. The summed E-state index contributed by atoms with van der Waals surface area (Å²) in [6.45, 7) is 15.8. The van der Waals surface area contributed by atoms with E-state index < -0.39 is 19.4 Å². The van der Waals surface area contributed by atoms with Crippen LogP contribution >= 0.6 is 17.0 Å². The van der Waals surface area contributed by atoms with Gasteiger partial charge in [-0.05, 0) is 0 Å². The Morgan fingerprint density at radius 1 is 1.00 bits per heavy atom. The summed E-state index contributed by atoms with van der Waals surface area (Å²) in [5, 5.41) is 0. The van der Waals surface area contributed by atoms with Gasteiger partial charge in [-0.3, -0.25) is 0 Å². The fraction of sp³-hybridized carbons (Fsp3) is 0.440. The van der Waals surface area contributed by atoms with Gasteiger partial charge in [-0.25, -0.2) is 0 Å². The molecule has 0 amide bonds. The van der Waals surface area contributed by atoms with Crippen LogP contribution in [0.15, 0.2) is 35.9 Å². The van der Waals surface area contributed by atoms with Crippen molar-refractivity contribution in [1.29, 1.82) is 0 Å². The van der Waals surface area contributed by atoms with Crippen molar-refractivity contribution in [3.63, 3.8) is 0 Å². The zero-order chi connectivity index (χ0) is 20.8. The van der Waals surface area contributed by atoms with Gasteiger partial charge in [0.2, 0.25) is 0 Å². The van der Waals surface area contributed by atoms with E-state index >= 15 is 0 Å². The summed E-state index contributed by atoms with van der Waals surface area (Å²) in [6.07, 6.45) is 3.49. The van der Waals surface area contributed by atoms with Gasteiger partial charge in [-0.1, -0.05) is 0 Å². The number of aryl methyl sites for hydroxylation is 2. The van der Waals surface area contributed by atoms with Crippen LogP contribution in [-0.4, -0.2) is 0 Å². The van der Waals surface area contributed by atoms with E-state index in [0.29, 0.717) is 5.92 Å². The van der Waals surface area contributed by atoms with E-state index in [1.54, 1.807) is 0 Å². The second kappa shape index (κ2) is 8.41. The van der Waals surface area contributed by atoms with Crippen molar-refractivity contribution in [2.75, 3.05) is 0 Å². The van der Waals surface area contributed by atoms with Crippen molar-refractivity contribution in [2.24, 2.45) is 5.92 Å². The SMILES string of the molecule is Cc1cc(C)cc(-c2c(C(C)(C)C)ccc3c2C=C(CC(C)C)[CH]3[Zr]([Cl])[Cl])c1. The average Bonchev–Trinajstić information content (AvgIpc) is 2.88. The minimum atomic E-state index is -2.50. The van der Waals surface area contributed by atoms with Crippen LogP contribution in [0.2, 0.25) is 0 Å². The molecule has 0 radical (unpaired) electrons. The van der Waals surface area contributed by atoms with E-state index in [1.165, 1.54) is 44.5 Å². The molecule has 0 bridgehead atoms. The molecule has 0 saturated heterocycles. The Labute approximate surface area is 186 Å². The molecule has 28 heavy (non-hydrogen) atoms. The molecule has 1 aliphatic rings. The van der Waals surface area contributed by atoms with Crippen LogP contribution in [0.5, 0.6) is 0 Å². The summed E-state index contributed by atoms with van der Waals surface area (Å²) >= 11 is -2.50. The van der Waals surface area contributed by atoms with Gasteiger partial charge >= 0.3 is 187 Å². The van der Waals surface area contributed by atoms with Crippen molar-refractivity contribution in [3.05, 3.63) is 63.7 Å². The van der Waals surface area contributed by atoms with E-state index in [0.717, 1.165) is 6.42 Å². The van der Waals surface area contributed by atoms with Crippen LogP contribution in [0.4, 0.5) is 0 Å². The number of fused-ring (bicyclic) bond motifs is 1. The molecule has 1 atom stereocenters. The van der Waals surface area contributed by atoms with Crippen LogP contribution < -0.4 is 0 Å². The summed E-state index contributed by atoms with van der Waals surface area (Å²) in [7, 11) is 13.4. The molecule has 0 spiro atoms. The average molecular weight is 494 g/mol. The molecule has 149 valence electrons. The van der Waals surface area contributed by atoms with Crippen molar-refractivity contribution >= 4 is 23.1 Å². The van der Waals surface area contributed by atoms with Crippen LogP contribution in [-0.2, 0) is 24.8 Å². The third-order valence-electron chi connectivity index (χ3n) is 5.47. The molecule has 2 aromatic carbocycles. The molecule has 0 fully saturated rings. The summed E-state index contributed by atoms with van der Waals surface area (Å²) in [5.41, 5.74) is 10.9. The third kappa shape index (κ3) is 4.53. The van der Waals surface area contributed by atoms with Crippen LogP contribution in [0.3, 0.4) is 0 Å². The number of allylic oxidation sites excluding steroid dienone is 1. The van der Waals surface area contributed by atoms with Crippen molar-refractivity contribution < 1.29 is 19.4 Å². The molecule has 0 heterocycles. The van der Waals surface area contributed by atoms with Gasteiger partial charge in [-0.15, -0.1) is 0 Å². The van der Waals surface area contributed by atoms with E-state index in [4.69, 9.17) is 17.0 Å². The van der Waals surface area contributed by atoms with Gasteiger partial charge in [-0.2, -0.15) is 0 Å². The first kappa shape index (κ1) is 22.3. The first-order valence-electron chi connectivity index (χ1n) is 10.1. The predicted octanol–water partition coefficient (Wildman–Crippen LogP) is 8.68. The monoisotopic (exact) mass is 491 g/mol. The molecule has 0 aliphatic heterocycles. The third-order valence-corrected chi connectivity index (χ3v) is 10.8. The van der Waals surface area contributed by atoms with E-state index in [2.05, 4.69) is 84.9 Å². The van der Waals surface area contributed by atoms with Gasteiger partial charge in [0.05, 0.1) is 0 Å². The van der Waals surface area contributed by atoms with Crippen LogP contribution in [0, 0.1) is 19.8 Å². The summed E-state index contributed by atoms with van der Waals surface area (Å²) in [6, 6.07) is 11.5. The number of hydrogen-bond acceptors (Lipinski definition) is 0. The van der Waals surface area contributed by atoms with E-state index in [-0.39, 0.29) is 9.04 Å². The Morgan fingerprint density at radius 3 is 2.11 bits per heavy atom. The Bertz CT molecular complexity index is 897. The number of halogens is 2. The summed E-state index contributed by atoms with van der Waals surface area (Å²) < 4.78 is 0.279. The van der Waals surface area contributed by atoms with Crippen molar-refractivity contribution in [1.82, 2.24) is 0 Å². The zero-order valence-electron chi connectivity index (χ0n) is 18.1. The Balaban J connectivity index is 2.33. The maximum absolute atomic E-state index is 6.69. The standard InChI is InChI=1S/C25H31.2ClH.Zr/c1-16(2)10-19-14-20-8-9-23(25(5,6)7)24(22(20)15-19)21-12-17(3)11-18(4)13-21;;;/h8-9,11-16H,10H2,1-7H3;2*1H;/q;;;+2/p-2. The molecule has 1 unspecified atom stereocenters. The Kier molecular flexibility index (Phi) is 6.71. The normalized spacial score (nSPS) is 16.4. The fourth-order valence-corrected chi connectivity index (χ4v) is 9.90. The quantitative estimate of drug-likeness (QED) is 0.400. The van der Waals surface area contributed by atoms with Gasteiger partial charge in [0, 0.05) is 0 Å². The minimum absolute atomic E-state index is 0.0651. The molecule has 0 nitrogen and oxygen atoms in total. The van der Waals surface area contributed by atoms with E-state index in [9.17, 15) is 0 Å². The van der Waals surface area contributed by atoms with E-state index in [1.807, 2.05) is 0 Å². The van der Waals surface area contributed by atoms with Gasteiger partial charge < -0.3 is 0 Å².